The number of β-amino-alcohol motifs (C(OH)–C–C–N with tert-alkyl or cyclic N) is 1. The molecule has 0 bridgehead atoms. The first-order chi connectivity index (χ1) is 16.2. The van der Waals surface area contributed by atoms with Gasteiger partial charge in [-0.25, -0.2) is 0 Å². The second-order valence-corrected chi connectivity index (χ2v) is 9.39. The van der Waals surface area contributed by atoms with E-state index in [1.807, 2.05) is 0 Å². The van der Waals surface area contributed by atoms with Crippen LogP contribution in [0.25, 0.3) is 0 Å². The van der Waals surface area contributed by atoms with Crippen molar-refractivity contribution in [2.45, 2.75) is 44.4 Å². The zero-order chi connectivity index (χ0) is 23.0. The molecule has 8 nitrogen and oxygen atoms in total. The normalized spacial score (nSPS) is 30.8. The van der Waals surface area contributed by atoms with Crippen molar-refractivity contribution < 1.29 is 9.84 Å². The van der Waals surface area contributed by atoms with Crippen LogP contribution >= 0.6 is 0 Å². The third-order valence-corrected chi connectivity index (χ3v) is 7.03. The van der Waals surface area contributed by atoms with Crippen molar-refractivity contribution in [1.29, 1.82) is 0 Å². The van der Waals surface area contributed by atoms with Crippen LogP contribution in [0.4, 0.5) is 0 Å². The molecule has 0 spiro atoms. The van der Waals surface area contributed by atoms with E-state index in [2.05, 4.69) is 50.7 Å². The Kier molecular flexibility index (Phi) is 8.61. The van der Waals surface area contributed by atoms with Crippen LogP contribution in [0.5, 0.6) is 0 Å². The number of ether oxygens (including phenoxy) is 1. The fourth-order valence-electron chi connectivity index (χ4n) is 5.28. The lowest BCUT2D eigenvalue weighted by Crippen LogP contribution is -2.53. The zero-order valence-corrected chi connectivity index (χ0v) is 19.9. The molecule has 0 radical (unpaired) electrons. The van der Waals surface area contributed by atoms with Crippen molar-refractivity contribution in [3.05, 3.63) is 47.6 Å². The highest BCUT2D eigenvalue weighted by atomic mass is 16.5. The second-order valence-electron chi connectivity index (χ2n) is 9.39. The van der Waals surface area contributed by atoms with Crippen molar-refractivity contribution in [3.63, 3.8) is 0 Å². The minimum Gasteiger partial charge on any atom is -0.403 e. The Morgan fingerprint density at radius 2 is 2.12 bits per heavy atom. The SMILES string of the molecule is CN1C(C2=CC=C(N3CCOCC3)CCC2)=CCC(=N/C=C\N)C1NCC1CNCC(O)C1. The van der Waals surface area contributed by atoms with Crippen LogP contribution in [0.15, 0.2) is 52.6 Å². The maximum Gasteiger partial charge on any atom is 0.119 e. The number of nitrogens with one attached hydrogen (secondary N) is 2. The van der Waals surface area contributed by atoms with Crippen LogP contribution in [0.1, 0.15) is 32.1 Å². The van der Waals surface area contributed by atoms with Crippen molar-refractivity contribution >= 4 is 5.71 Å². The highest BCUT2D eigenvalue weighted by Gasteiger charge is 2.29. The van der Waals surface area contributed by atoms with Gasteiger partial charge in [0.2, 0.25) is 0 Å². The summed E-state index contributed by atoms with van der Waals surface area (Å²) in [5.41, 5.74) is 10.7. The van der Waals surface area contributed by atoms with Gasteiger partial charge in [0.15, 0.2) is 0 Å². The van der Waals surface area contributed by atoms with Crippen LogP contribution in [0, 0.1) is 5.92 Å². The van der Waals surface area contributed by atoms with Gasteiger partial charge >= 0.3 is 0 Å². The fraction of sp³-hybridized carbons (Fsp3) is 0.640. The van der Waals surface area contributed by atoms with Crippen molar-refractivity contribution in [3.8, 4) is 0 Å². The zero-order valence-electron chi connectivity index (χ0n) is 19.9. The van der Waals surface area contributed by atoms with Gasteiger partial charge in [0.05, 0.1) is 25.0 Å². The summed E-state index contributed by atoms with van der Waals surface area (Å²) < 4.78 is 5.53. The number of aliphatic hydroxyl groups excluding tert-OH is 1. The topological polar surface area (TPSA) is 98.4 Å². The summed E-state index contributed by atoms with van der Waals surface area (Å²) in [6.07, 6.45) is 14.8. The number of likely N-dealkylation sites (N-methyl/N-ethyl adjacent to an activating group) is 1. The second kappa shape index (κ2) is 11.8. The molecule has 3 heterocycles. The summed E-state index contributed by atoms with van der Waals surface area (Å²) in [5.74, 6) is 0.402. The smallest absolute Gasteiger partial charge is 0.119 e. The molecule has 1 aliphatic carbocycles. The molecule has 0 aromatic heterocycles. The Morgan fingerprint density at radius 1 is 1.27 bits per heavy atom. The van der Waals surface area contributed by atoms with E-state index in [4.69, 9.17) is 10.5 Å². The molecule has 2 saturated heterocycles. The van der Waals surface area contributed by atoms with E-state index < -0.39 is 0 Å². The average Bonchev–Trinajstić information content (AvgIpc) is 3.09. The lowest BCUT2D eigenvalue weighted by molar-refractivity contribution is 0.0520. The molecule has 33 heavy (non-hydrogen) atoms. The van der Waals surface area contributed by atoms with E-state index in [-0.39, 0.29) is 12.3 Å². The predicted octanol–water partition coefficient (Wildman–Crippen LogP) is 1.29. The lowest BCUT2D eigenvalue weighted by Gasteiger charge is -2.39. The summed E-state index contributed by atoms with van der Waals surface area (Å²) in [5, 5.41) is 17.1. The summed E-state index contributed by atoms with van der Waals surface area (Å²) >= 11 is 0. The molecule has 0 aromatic rings. The van der Waals surface area contributed by atoms with E-state index in [1.165, 1.54) is 23.2 Å². The van der Waals surface area contributed by atoms with E-state index in [0.717, 1.165) is 77.2 Å². The van der Waals surface area contributed by atoms with Crippen LogP contribution in [-0.2, 0) is 4.74 Å². The summed E-state index contributed by atoms with van der Waals surface area (Å²) in [4.78, 5) is 9.42. The molecule has 4 aliphatic rings. The maximum absolute atomic E-state index is 10.0. The molecular weight excluding hydrogens is 416 g/mol. The Bertz CT molecular complexity index is 812. The van der Waals surface area contributed by atoms with Crippen LogP contribution in [0.3, 0.4) is 0 Å². The first kappa shape index (κ1) is 24.0. The molecule has 5 N–H and O–H groups in total. The third kappa shape index (κ3) is 6.26. The van der Waals surface area contributed by atoms with Gasteiger partial charge < -0.3 is 30.7 Å². The van der Waals surface area contributed by atoms with E-state index in [0.29, 0.717) is 12.5 Å². The number of piperidine rings is 1. The van der Waals surface area contributed by atoms with Crippen LogP contribution < -0.4 is 16.4 Å². The first-order valence-electron chi connectivity index (χ1n) is 12.4. The standard InChI is InChI=1S/C25H40N6O2/c1-30-24(20-3-2-4-21(6-5-20)31-11-13-33-14-12-31)8-7-23(28-10-9-26)25(30)29-17-19-15-22(32)18-27-16-19/h5-6,8-10,19,22,25,27,29,32H,2-4,7,11-18,26H2,1H3/b10-9-,28-23?. The molecule has 3 unspecified atom stereocenters. The molecule has 2 fully saturated rings. The number of aliphatic hydroxyl groups is 1. The highest BCUT2D eigenvalue weighted by Crippen LogP contribution is 2.30. The monoisotopic (exact) mass is 456 g/mol. The minimum atomic E-state index is -0.262. The van der Waals surface area contributed by atoms with E-state index >= 15 is 0 Å². The van der Waals surface area contributed by atoms with E-state index in [1.54, 1.807) is 6.20 Å². The molecule has 3 aliphatic heterocycles. The van der Waals surface area contributed by atoms with Gasteiger partial charge in [0, 0.05) is 63.4 Å². The highest BCUT2D eigenvalue weighted by molar-refractivity contribution is 5.92. The third-order valence-electron chi connectivity index (χ3n) is 7.03. The number of nitrogens with zero attached hydrogens (tertiary/aromatic N) is 3. The van der Waals surface area contributed by atoms with Gasteiger partial charge in [-0.1, -0.05) is 12.2 Å². The summed E-state index contributed by atoms with van der Waals surface area (Å²) in [7, 11) is 2.15. The predicted molar refractivity (Wildman–Crippen MR) is 132 cm³/mol. The van der Waals surface area contributed by atoms with Crippen molar-refractivity contribution in [2.24, 2.45) is 16.6 Å². The van der Waals surface area contributed by atoms with Gasteiger partial charge in [0.25, 0.3) is 0 Å². The first-order valence-corrected chi connectivity index (χ1v) is 12.4. The maximum atomic E-state index is 10.0. The molecule has 0 saturated carbocycles. The molecule has 8 heteroatoms. The number of allylic oxidation sites excluding steroid dienone is 5. The number of hydrogen-bond donors (Lipinski definition) is 4. The quantitative estimate of drug-likeness (QED) is 0.478. The average molecular weight is 457 g/mol. The summed E-state index contributed by atoms with van der Waals surface area (Å²) in [6, 6.07) is 0. The molecule has 182 valence electrons. The van der Waals surface area contributed by atoms with Gasteiger partial charge in [0.1, 0.15) is 6.17 Å². The number of hydrogen-bond acceptors (Lipinski definition) is 8. The lowest BCUT2D eigenvalue weighted by atomic mass is 9.96. The van der Waals surface area contributed by atoms with E-state index in [9.17, 15) is 5.11 Å². The van der Waals surface area contributed by atoms with Crippen molar-refractivity contribution in [1.82, 2.24) is 20.4 Å². The van der Waals surface area contributed by atoms with Crippen LogP contribution in [0.2, 0.25) is 0 Å². The van der Waals surface area contributed by atoms with Crippen LogP contribution in [-0.4, -0.2) is 85.9 Å². The molecular formula is C25H40N6O2. The Hall–Kier alpha value is -2.13. The van der Waals surface area contributed by atoms with Gasteiger partial charge in [-0.2, -0.15) is 0 Å². The Labute approximate surface area is 197 Å². The fourth-order valence-corrected chi connectivity index (χ4v) is 5.28. The minimum absolute atomic E-state index is 0.00659. The molecule has 3 atom stereocenters. The number of morpholine rings is 1. The number of rotatable bonds is 6. The number of nitrogens with two attached hydrogens (primary N) is 1. The molecule has 0 aromatic carbocycles. The number of aliphatic imine (C=N–C) groups is 1. The molecule has 0 amide bonds. The summed E-state index contributed by atoms with van der Waals surface area (Å²) in [6.45, 7) is 6.07. The molecule has 4 rings (SSSR count). The van der Waals surface area contributed by atoms with Gasteiger partial charge in [-0.05, 0) is 49.8 Å². The Balaban J connectivity index is 1.49. The Morgan fingerprint density at radius 3 is 2.91 bits per heavy atom. The largest absolute Gasteiger partial charge is 0.403 e. The van der Waals surface area contributed by atoms with Gasteiger partial charge in [-0.3, -0.25) is 10.3 Å². The van der Waals surface area contributed by atoms with Gasteiger partial charge in [-0.15, -0.1) is 0 Å². The van der Waals surface area contributed by atoms with Crippen molar-refractivity contribution in [2.75, 3.05) is 53.0 Å².